The van der Waals surface area contributed by atoms with Gasteiger partial charge in [-0.1, -0.05) is 12.1 Å². The summed E-state index contributed by atoms with van der Waals surface area (Å²) < 4.78 is 35.0. The number of likely N-dealkylation sites (tertiary alicyclic amines) is 1. The Labute approximate surface area is 170 Å². The Morgan fingerprint density at radius 1 is 1.07 bits per heavy atom. The molecule has 2 aromatic carbocycles. The molecule has 0 radical (unpaired) electrons. The fraction of sp³-hybridized carbons (Fsp3) is 0.300. The highest BCUT2D eigenvalue weighted by molar-refractivity contribution is 8.00. The standard InChI is InChI=1S/C20H18F2N2O4S/c21-20(22)27-15-8-7-13(11-16(15)28-20)23-19(26)14-5-1-2-6-17(14)29-12-18(25)24-9-3-4-10-24/h1-2,5-8,11H,3-4,9-10,12H2,(H,23,26). The molecule has 9 heteroatoms. The molecule has 2 aliphatic heterocycles. The zero-order chi connectivity index (χ0) is 20.4. The topological polar surface area (TPSA) is 67.9 Å². The lowest BCUT2D eigenvalue weighted by atomic mass is 10.2. The first-order valence-electron chi connectivity index (χ1n) is 9.12. The molecule has 2 aromatic rings. The molecule has 2 heterocycles. The molecule has 2 amide bonds. The van der Waals surface area contributed by atoms with Crippen molar-refractivity contribution in [2.24, 2.45) is 0 Å². The van der Waals surface area contributed by atoms with Gasteiger partial charge in [-0.2, -0.15) is 0 Å². The minimum absolute atomic E-state index is 0.0550. The van der Waals surface area contributed by atoms with Gasteiger partial charge in [0.1, 0.15) is 0 Å². The van der Waals surface area contributed by atoms with E-state index in [4.69, 9.17) is 0 Å². The predicted octanol–water partition coefficient (Wildman–Crippen LogP) is 3.97. The summed E-state index contributed by atoms with van der Waals surface area (Å²) in [7, 11) is 0. The highest BCUT2D eigenvalue weighted by Gasteiger charge is 2.43. The number of carbonyl (C=O) groups is 2. The molecule has 2 aliphatic rings. The third-order valence-electron chi connectivity index (χ3n) is 4.60. The van der Waals surface area contributed by atoms with Crippen LogP contribution < -0.4 is 14.8 Å². The van der Waals surface area contributed by atoms with Crippen LogP contribution in [0.25, 0.3) is 0 Å². The third kappa shape index (κ3) is 4.45. The maximum Gasteiger partial charge on any atom is 0.586 e. The summed E-state index contributed by atoms with van der Waals surface area (Å²) in [4.78, 5) is 27.5. The fourth-order valence-electron chi connectivity index (χ4n) is 3.20. The van der Waals surface area contributed by atoms with E-state index in [1.807, 2.05) is 4.90 Å². The molecule has 0 atom stereocenters. The van der Waals surface area contributed by atoms with Gasteiger partial charge in [0.05, 0.1) is 11.3 Å². The maximum atomic E-state index is 13.1. The molecule has 1 fully saturated rings. The number of thioether (sulfide) groups is 1. The van der Waals surface area contributed by atoms with Crippen molar-refractivity contribution < 1.29 is 27.8 Å². The normalized spacial score (nSPS) is 16.7. The number of amides is 2. The van der Waals surface area contributed by atoms with Gasteiger partial charge < -0.3 is 19.7 Å². The summed E-state index contributed by atoms with van der Waals surface area (Å²) in [6, 6.07) is 11.0. The summed E-state index contributed by atoms with van der Waals surface area (Å²) in [5.41, 5.74) is 0.692. The fourth-order valence-corrected chi connectivity index (χ4v) is 4.16. The lowest BCUT2D eigenvalue weighted by molar-refractivity contribution is -0.286. The number of nitrogens with one attached hydrogen (secondary N) is 1. The van der Waals surface area contributed by atoms with Crippen molar-refractivity contribution in [3.8, 4) is 11.5 Å². The lowest BCUT2D eigenvalue weighted by Gasteiger charge is -2.15. The monoisotopic (exact) mass is 420 g/mol. The number of carbonyl (C=O) groups excluding carboxylic acids is 2. The molecule has 0 bridgehead atoms. The van der Waals surface area contributed by atoms with Crippen LogP contribution in [0, 0.1) is 0 Å². The molecule has 6 nitrogen and oxygen atoms in total. The van der Waals surface area contributed by atoms with Gasteiger partial charge in [-0.3, -0.25) is 9.59 Å². The van der Waals surface area contributed by atoms with Crippen molar-refractivity contribution in [2.45, 2.75) is 24.0 Å². The van der Waals surface area contributed by atoms with Gasteiger partial charge in [0, 0.05) is 29.7 Å². The van der Waals surface area contributed by atoms with Crippen molar-refractivity contribution in [2.75, 3.05) is 24.2 Å². The van der Waals surface area contributed by atoms with Gasteiger partial charge in [0.15, 0.2) is 11.5 Å². The average Bonchev–Trinajstić information content (AvgIpc) is 3.32. The van der Waals surface area contributed by atoms with E-state index in [1.165, 1.54) is 30.0 Å². The molecule has 1 N–H and O–H groups in total. The van der Waals surface area contributed by atoms with Crippen LogP contribution in [0.1, 0.15) is 23.2 Å². The number of anilines is 1. The number of nitrogens with zero attached hydrogens (tertiary/aromatic N) is 1. The van der Waals surface area contributed by atoms with Crippen LogP contribution in [0.5, 0.6) is 11.5 Å². The molecule has 29 heavy (non-hydrogen) atoms. The van der Waals surface area contributed by atoms with E-state index in [0.29, 0.717) is 16.1 Å². The SMILES string of the molecule is O=C(Nc1ccc2c(c1)OC(F)(F)O2)c1ccccc1SCC(=O)N1CCCC1. The first kappa shape index (κ1) is 19.5. The van der Waals surface area contributed by atoms with Crippen LogP contribution in [-0.2, 0) is 4.79 Å². The molecule has 4 rings (SSSR count). The Kier molecular flexibility index (Phi) is 5.31. The second-order valence-electron chi connectivity index (χ2n) is 6.66. The first-order chi connectivity index (χ1) is 13.9. The second kappa shape index (κ2) is 7.90. The van der Waals surface area contributed by atoms with Crippen LogP contribution >= 0.6 is 11.8 Å². The van der Waals surface area contributed by atoms with E-state index < -0.39 is 12.2 Å². The molecule has 0 aromatic heterocycles. The van der Waals surface area contributed by atoms with Crippen LogP contribution in [0.15, 0.2) is 47.4 Å². The smallest absolute Gasteiger partial charge is 0.395 e. The van der Waals surface area contributed by atoms with Gasteiger partial charge in [-0.15, -0.1) is 20.5 Å². The van der Waals surface area contributed by atoms with E-state index in [0.717, 1.165) is 25.9 Å². The Bertz CT molecular complexity index is 948. The minimum atomic E-state index is -3.71. The molecule has 0 saturated carbocycles. The quantitative estimate of drug-likeness (QED) is 0.742. The second-order valence-corrected chi connectivity index (χ2v) is 7.67. The van der Waals surface area contributed by atoms with Gasteiger partial charge in [-0.25, -0.2) is 0 Å². The van der Waals surface area contributed by atoms with Gasteiger partial charge >= 0.3 is 6.29 Å². The summed E-state index contributed by atoms with van der Waals surface area (Å²) >= 11 is 1.30. The van der Waals surface area contributed by atoms with Crippen molar-refractivity contribution >= 4 is 29.3 Å². The van der Waals surface area contributed by atoms with Crippen molar-refractivity contribution in [3.05, 3.63) is 48.0 Å². The zero-order valence-corrected chi connectivity index (χ0v) is 16.1. The van der Waals surface area contributed by atoms with Gasteiger partial charge in [0.25, 0.3) is 5.91 Å². The van der Waals surface area contributed by atoms with E-state index in [1.54, 1.807) is 24.3 Å². The summed E-state index contributed by atoms with van der Waals surface area (Å²) in [6.07, 6.45) is -1.66. The first-order valence-corrected chi connectivity index (χ1v) is 10.1. The number of hydrogen-bond donors (Lipinski definition) is 1. The number of benzene rings is 2. The average molecular weight is 420 g/mol. The predicted molar refractivity (Wildman–Crippen MR) is 104 cm³/mol. The van der Waals surface area contributed by atoms with E-state index >= 15 is 0 Å². The summed E-state index contributed by atoms with van der Waals surface area (Å²) in [5, 5.41) is 2.67. The Balaban J connectivity index is 1.44. The van der Waals surface area contributed by atoms with Crippen molar-refractivity contribution in [3.63, 3.8) is 0 Å². The molecule has 0 aliphatic carbocycles. The zero-order valence-electron chi connectivity index (χ0n) is 15.3. The van der Waals surface area contributed by atoms with Crippen LogP contribution in [0.3, 0.4) is 0 Å². The van der Waals surface area contributed by atoms with Crippen molar-refractivity contribution in [1.82, 2.24) is 4.90 Å². The molecule has 0 spiro atoms. The van der Waals surface area contributed by atoms with Gasteiger partial charge in [0.2, 0.25) is 5.91 Å². The van der Waals surface area contributed by atoms with E-state index in [9.17, 15) is 18.4 Å². The Morgan fingerprint density at radius 2 is 1.79 bits per heavy atom. The molecule has 152 valence electrons. The number of ether oxygens (including phenoxy) is 2. The van der Waals surface area contributed by atoms with E-state index in [2.05, 4.69) is 14.8 Å². The largest absolute Gasteiger partial charge is 0.586 e. The van der Waals surface area contributed by atoms with Crippen LogP contribution in [0.2, 0.25) is 0 Å². The molecular weight excluding hydrogens is 402 g/mol. The number of fused-ring (bicyclic) bond motifs is 1. The number of halogens is 2. The van der Waals surface area contributed by atoms with Crippen molar-refractivity contribution in [1.29, 1.82) is 0 Å². The maximum absolute atomic E-state index is 13.1. The molecule has 1 saturated heterocycles. The molecular formula is C20H18F2N2O4S. The van der Waals surface area contributed by atoms with Crippen LogP contribution in [-0.4, -0.2) is 41.9 Å². The van der Waals surface area contributed by atoms with Crippen LogP contribution in [0.4, 0.5) is 14.5 Å². The highest BCUT2D eigenvalue weighted by atomic mass is 32.2. The lowest BCUT2D eigenvalue weighted by Crippen LogP contribution is -2.29. The number of alkyl halides is 2. The number of hydrogen-bond acceptors (Lipinski definition) is 5. The molecule has 0 unspecified atom stereocenters. The number of rotatable bonds is 5. The summed E-state index contributed by atoms with van der Waals surface area (Å²) in [5.74, 6) is -0.341. The van der Waals surface area contributed by atoms with Gasteiger partial charge in [-0.05, 0) is 37.1 Å². The highest BCUT2D eigenvalue weighted by Crippen LogP contribution is 2.42. The minimum Gasteiger partial charge on any atom is -0.395 e. The summed E-state index contributed by atoms with van der Waals surface area (Å²) in [6.45, 7) is 1.56. The Hall–Kier alpha value is -2.81. The van der Waals surface area contributed by atoms with E-state index in [-0.39, 0.29) is 23.2 Å². The third-order valence-corrected chi connectivity index (χ3v) is 5.66. The Morgan fingerprint density at radius 3 is 2.59 bits per heavy atom.